The highest BCUT2D eigenvalue weighted by atomic mass is 16.3. The second-order valence-electron chi connectivity index (χ2n) is 5.42. The second kappa shape index (κ2) is 5.71. The zero-order chi connectivity index (χ0) is 13.9. The van der Waals surface area contributed by atoms with Gasteiger partial charge in [0.15, 0.2) is 0 Å². The van der Waals surface area contributed by atoms with Gasteiger partial charge in [-0.2, -0.15) is 0 Å². The molecule has 2 heterocycles. The Morgan fingerprint density at radius 2 is 2.25 bits per heavy atom. The van der Waals surface area contributed by atoms with Crippen LogP contribution in [0.15, 0.2) is 36.8 Å². The van der Waals surface area contributed by atoms with E-state index in [4.69, 9.17) is 0 Å². The van der Waals surface area contributed by atoms with Crippen LogP contribution in [0.5, 0.6) is 0 Å². The van der Waals surface area contributed by atoms with Gasteiger partial charge in [-0.15, -0.1) is 0 Å². The summed E-state index contributed by atoms with van der Waals surface area (Å²) in [5, 5.41) is 10.8. The summed E-state index contributed by atoms with van der Waals surface area (Å²) < 4.78 is 0. The number of aromatic nitrogens is 2. The molecule has 2 aromatic heterocycles. The number of nitrogens with zero attached hydrogens (tertiary/aromatic N) is 2. The van der Waals surface area contributed by atoms with E-state index in [9.17, 15) is 5.11 Å². The average Bonchev–Trinajstić information content (AvgIpc) is 2.53. The molecule has 0 fully saturated rings. The third-order valence-corrected chi connectivity index (χ3v) is 4.26. The molecule has 0 aromatic carbocycles. The minimum Gasteiger partial charge on any atom is -0.388 e. The summed E-state index contributed by atoms with van der Waals surface area (Å²) in [6, 6.07) is 6.06. The molecule has 3 heteroatoms. The zero-order valence-electron chi connectivity index (χ0n) is 11.8. The van der Waals surface area contributed by atoms with E-state index in [1.165, 1.54) is 5.56 Å². The van der Waals surface area contributed by atoms with E-state index >= 15 is 0 Å². The summed E-state index contributed by atoms with van der Waals surface area (Å²) in [4.78, 5) is 8.69. The first kappa shape index (κ1) is 13.3. The minimum atomic E-state index is -0.484. The van der Waals surface area contributed by atoms with Crippen molar-refractivity contribution in [1.29, 1.82) is 0 Å². The Hall–Kier alpha value is -1.74. The SMILES string of the molecule is CCc1cnccc1C(O)C1CCCc2cccnc21. The van der Waals surface area contributed by atoms with Gasteiger partial charge in [0.2, 0.25) is 0 Å². The minimum absolute atomic E-state index is 0.104. The van der Waals surface area contributed by atoms with Gasteiger partial charge in [0.25, 0.3) is 0 Å². The summed E-state index contributed by atoms with van der Waals surface area (Å²) in [5.74, 6) is 0.104. The third-order valence-electron chi connectivity index (χ3n) is 4.26. The molecular formula is C17H20N2O. The van der Waals surface area contributed by atoms with Crippen LogP contribution >= 0.6 is 0 Å². The molecule has 0 saturated heterocycles. The number of rotatable bonds is 3. The van der Waals surface area contributed by atoms with E-state index in [-0.39, 0.29) is 5.92 Å². The van der Waals surface area contributed by atoms with Crippen molar-refractivity contribution in [2.75, 3.05) is 0 Å². The van der Waals surface area contributed by atoms with E-state index in [1.54, 1.807) is 6.20 Å². The molecule has 0 spiro atoms. The maximum atomic E-state index is 10.8. The molecule has 0 bridgehead atoms. The van der Waals surface area contributed by atoms with Gasteiger partial charge in [-0.25, -0.2) is 0 Å². The van der Waals surface area contributed by atoms with Crippen molar-refractivity contribution >= 4 is 0 Å². The lowest BCUT2D eigenvalue weighted by Gasteiger charge is -2.29. The van der Waals surface area contributed by atoms with Gasteiger partial charge in [0, 0.05) is 30.2 Å². The number of hydrogen-bond donors (Lipinski definition) is 1. The molecule has 2 atom stereocenters. The van der Waals surface area contributed by atoms with Gasteiger partial charge in [0.05, 0.1) is 6.10 Å². The summed E-state index contributed by atoms with van der Waals surface area (Å²) in [5.41, 5.74) is 4.49. The Morgan fingerprint density at radius 1 is 1.35 bits per heavy atom. The van der Waals surface area contributed by atoms with Gasteiger partial charge >= 0.3 is 0 Å². The highest BCUT2D eigenvalue weighted by molar-refractivity contribution is 5.33. The van der Waals surface area contributed by atoms with Crippen LogP contribution in [0.25, 0.3) is 0 Å². The quantitative estimate of drug-likeness (QED) is 0.930. The maximum Gasteiger partial charge on any atom is 0.0877 e. The molecule has 0 radical (unpaired) electrons. The molecule has 3 nitrogen and oxygen atoms in total. The smallest absolute Gasteiger partial charge is 0.0877 e. The van der Waals surface area contributed by atoms with E-state index in [0.29, 0.717) is 0 Å². The fourth-order valence-electron chi connectivity index (χ4n) is 3.19. The summed E-state index contributed by atoms with van der Waals surface area (Å²) in [6.07, 6.45) is 9.05. The Labute approximate surface area is 119 Å². The Bertz CT molecular complexity index is 597. The number of fused-ring (bicyclic) bond motifs is 1. The van der Waals surface area contributed by atoms with E-state index in [1.807, 2.05) is 24.5 Å². The number of aliphatic hydroxyl groups is 1. The maximum absolute atomic E-state index is 10.8. The molecule has 1 aliphatic rings. The van der Waals surface area contributed by atoms with Crippen LogP contribution in [0.2, 0.25) is 0 Å². The van der Waals surface area contributed by atoms with Crippen molar-refractivity contribution in [1.82, 2.24) is 9.97 Å². The zero-order valence-corrected chi connectivity index (χ0v) is 11.8. The molecule has 2 unspecified atom stereocenters. The highest BCUT2D eigenvalue weighted by Gasteiger charge is 2.29. The van der Waals surface area contributed by atoms with Crippen LogP contribution < -0.4 is 0 Å². The molecular weight excluding hydrogens is 248 g/mol. The lowest BCUT2D eigenvalue weighted by molar-refractivity contribution is 0.133. The molecule has 1 N–H and O–H groups in total. The molecule has 0 amide bonds. The van der Waals surface area contributed by atoms with Crippen LogP contribution in [0.1, 0.15) is 54.2 Å². The van der Waals surface area contributed by atoms with Gasteiger partial charge in [-0.1, -0.05) is 13.0 Å². The molecule has 20 heavy (non-hydrogen) atoms. The number of aliphatic hydroxyl groups excluding tert-OH is 1. The monoisotopic (exact) mass is 268 g/mol. The first-order valence-electron chi connectivity index (χ1n) is 7.36. The van der Waals surface area contributed by atoms with Crippen LogP contribution in [-0.2, 0) is 12.8 Å². The van der Waals surface area contributed by atoms with Crippen molar-refractivity contribution in [3.63, 3.8) is 0 Å². The molecule has 3 rings (SSSR count). The predicted molar refractivity (Wildman–Crippen MR) is 78.5 cm³/mol. The number of pyridine rings is 2. The van der Waals surface area contributed by atoms with Crippen molar-refractivity contribution in [3.05, 3.63) is 59.2 Å². The summed E-state index contributed by atoms with van der Waals surface area (Å²) in [6.45, 7) is 2.10. The normalized spacial score (nSPS) is 19.4. The number of hydrogen-bond acceptors (Lipinski definition) is 3. The Balaban J connectivity index is 1.97. The lowest BCUT2D eigenvalue weighted by atomic mass is 9.80. The average molecular weight is 268 g/mol. The van der Waals surface area contributed by atoms with Crippen LogP contribution in [0, 0.1) is 0 Å². The topological polar surface area (TPSA) is 46.0 Å². The fraction of sp³-hybridized carbons (Fsp3) is 0.412. The second-order valence-corrected chi connectivity index (χ2v) is 5.42. The fourth-order valence-corrected chi connectivity index (χ4v) is 3.19. The van der Waals surface area contributed by atoms with Crippen LogP contribution in [-0.4, -0.2) is 15.1 Å². The van der Waals surface area contributed by atoms with E-state index in [0.717, 1.165) is 42.5 Å². The standard InChI is InChI=1S/C17H20N2O/c1-2-12-11-18-10-8-14(12)17(20)15-7-3-5-13-6-4-9-19-16(13)15/h4,6,8-11,15,17,20H,2-3,5,7H2,1H3. The molecule has 0 aliphatic heterocycles. The predicted octanol–water partition coefficient (Wildman–Crippen LogP) is 3.19. The van der Waals surface area contributed by atoms with E-state index < -0.39 is 6.10 Å². The van der Waals surface area contributed by atoms with Crippen molar-refractivity contribution in [3.8, 4) is 0 Å². The molecule has 104 valence electrons. The Kier molecular flexibility index (Phi) is 3.79. The highest BCUT2D eigenvalue weighted by Crippen LogP contribution is 2.39. The lowest BCUT2D eigenvalue weighted by Crippen LogP contribution is -2.19. The van der Waals surface area contributed by atoms with Gasteiger partial charge in [-0.3, -0.25) is 9.97 Å². The first-order chi connectivity index (χ1) is 9.81. The molecule has 1 aliphatic carbocycles. The van der Waals surface area contributed by atoms with Gasteiger partial charge < -0.3 is 5.11 Å². The van der Waals surface area contributed by atoms with Crippen LogP contribution in [0.3, 0.4) is 0 Å². The van der Waals surface area contributed by atoms with Crippen molar-refractivity contribution in [2.45, 2.75) is 44.6 Å². The van der Waals surface area contributed by atoms with E-state index in [2.05, 4.69) is 23.0 Å². The summed E-state index contributed by atoms with van der Waals surface area (Å²) in [7, 11) is 0. The largest absolute Gasteiger partial charge is 0.388 e. The van der Waals surface area contributed by atoms with Crippen LogP contribution in [0.4, 0.5) is 0 Å². The third kappa shape index (κ3) is 2.34. The van der Waals surface area contributed by atoms with Gasteiger partial charge in [-0.05, 0) is 54.5 Å². The summed E-state index contributed by atoms with van der Waals surface area (Å²) >= 11 is 0. The van der Waals surface area contributed by atoms with Gasteiger partial charge in [0.1, 0.15) is 0 Å². The van der Waals surface area contributed by atoms with Crippen molar-refractivity contribution < 1.29 is 5.11 Å². The molecule has 2 aromatic rings. The molecule has 0 saturated carbocycles. The Morgan fingerprint density at radius 3 is 3.10 bits per heavy atom. The van der Waals surface area contributed by atoms with Crippen molar-refractivity contribution in [2.24, 2.45) is 0 Å². The first-order valence-corrected chi connectivity index (χ1v) is 7.36. The number of aryl methyl sites for hydroxylation is 2.